The molecule has 2 rings (SSSR count). The SMILES string of the molecule is c1csc([C@@H]2CO2)n1. The van der Waals surface area contributed by atoms with Crippen LogP contribution in [0.5, 0.6) is 0 Å². The van der Waals surface area contributed by atoms with E-state index in [9.17, 15) is 0 Å². The molecular weight excluding hydrogens is 122 g/mol. The fourth-order valence-electron chi connectivity index (χ4n) is 0.584. The molecular formula is C5H5NOS. The second kappa shape index (κ2) is 1.53. The highest BCUT2D eigenvalue weighted by Gasteiger charge is 2.26. The molecule has 0 unspecified atom stereocenters. The molecule has 0 aliphatic carbocycles. The number of hydrogen-bond donors (Lipinski definition) is 0. The summed E-state index contributed by atoms with van der Waals surface area (Å²) < 4.78 is 5.00. The summed E-state index contributed by atoms with van der Waals surface area (Å²) in [6, 6.07) is 0. The largest absolute Gasteiger partial charge is 0.365 e. The molecule has 1 saturated heterocycles. The van der Waals surface area contributed by atoms with E-state index in [1.54, 1.807) is 11.3 Å². The minimum Gasteiger partial charge on any atom is -0.365 e. The Kier molecular flexibility index (Phi) is 0.856. The highest BCUT2D eigenvalue weighted by Crippen LogP contribution is 2.30. The van der Waals surface area contributed by atoms with E-state index >= 15 is 0 Å². The lowest BCUT2D eigenvalue weighted by Gasteiger charge is -1.77. The van der Waals surface area contributed by atoms with Gasteiger partial charge in [0.25, 0.3) is 0 Å². The number of ether oxygens (including phenoxy) is 1. The second-order valence-corrected chi connectivity index (χ2v) is 2.62. The number of rotatable bonds is 1. The molecule has 0 spiro atoms. The fourth-order valence-corrected chi connectivity index (χ4v) is 1.25. The summed E-state index contributed by atoms with van der Waals surface area (Å²) in [5, 5.41) is 3.08. The van der Waals surface area contributed by atoms with Gasteiger partial charge in [0.1, 0.15) is 11.1 Å². The summed E-state index contributed by atoms with van der Waals surface area (Å²) in [5.74, 6) is 0. The van der Waals surface area contributed by atoms with Crippen LogP contribution in [0.2, 0.25) is 0 Å². The molecule has 0 N–H and O–H groups in total. The zero-order valence-electron chi connectivity index (χ0n) is 4.20. The number of thiazole rings is 1. The van der Waals surface area contributed by atoms with Crippen LogP contribution in [0.4, 0.5) is 0 Å². The van der Waals surface area contributed by atoms with E-state index in [1.807, 2.05) is 11.6 Å². The molecule has 1 aromatic rings. The van der Waals surface area contributed by atoms with Crippen LogP contribution in [0, 0.1) is 0 Å². The Bertz CT molecular complexity index is 169. The van der Waals surface area contributed by atoms with E-state index in [4.69, 9.17) is 4.74 Å². The normalized spacial score (nSPS) is 25.8. The van der Waals surface area contributed by atoms with Crippen molar-refractivity contribution >= 4 is 11.3 Å². The van der Waals surface area contributed by atoms with Crippen molar-refractivity contribution in [1.29, 1.82) is 0 Å². The van der Waals surface area contributed by atoms with Crippen LogP contribution in [-0.4, -0.2) is 11.6 Å². The highest BCUT2D eigenvalue weighted by molar-refractivity contribution is 7.09. The average Bonchev–Trinajstić information content (AvgIpc) is 2.49. The summed E-state index contributed by atoms with van der Waals surface area (Å²) in [5.41, 5.74) is 0. The lowest BCUT2D eigenvalue weighted by molar-refractivity contribution is 0.415. The zero-order chi connectivity index (χ0) is 5.40. The van der Waals surface area contributed by atoms with Gasteiger partial charge in [-0.25, -0.2) is 4.98 Å². The highest BCUT2D eigenvalue weighted by atomic mass is 32.1. The van der Waals surface area contributed by atoms with Gasteiger partial charge in [0, 0.05) is 11.6 Å². The van der Waals surface area contributed by atoms with Crippen LogP contribution in [-0.2, 0) is 4.74 Å². The van der Waals surface area contributed by atoms with Crippen molar-refractivity contribution in [2.24, 2.45) is 0 Å². The molecule has 1 aliphatic heterocycles. The van der Waals surface area contributed by atoms with Crippen LogP contribution in [0.3, 0.4) is 0 Å². The maximum absolute atomic E-state index is 5.00. The topological polar surface area (TPSA) is 25.4 Å². The van der Waals surface area contributed by atoms with Crippen molar-refractivity contribution in [2.45, 2.75) is 6.10 Å². The minimum absolute atomic E-state index is 0.343. The van der Waals surface area contributed by atoms with Gasteiger partial charge < -0.3 is 4.74 Å². The average molecular weight is 127 g/mol. The standard InChI is InChI=1S/C5H5NOS/c1-2-8-5(6-1)4-3-7-4/h1-2,4H,3H2/t4-/m0/s1. The third-order valence-electron chi connectivity index (χ3n) is 1.06. The first kappa shape index (κ1) is 4.47. The zero-order valence-corrected chi connectivity index (χ0v) is 5.02. The maximum atomic E-state index is 5.00. The molecule has 1 atom stereocenters. The predicted molar refractivity (Wildman–Crippen MR) is 30.8 cm³/mol. The van der Waals surface area contributed by atoms with E-state index in [0.29, 0.717) is 6.10 Å². The summed E-state index contributed by atoms with van der Waals surface area (Å²) in [4.78, 5) is 4.07. The Labute approximate surface area is 51.1 Å². The van der Waals surface area contributed by atoms with Crippen LogP contribution >= 0.6 is 11.3 Å². The Hall–Kier alpha value is -0.410. The predicted octanol–water partition coefficient (Wildman–Crippen LogP) is 1.21. The van der Waals surface area contributed by atoms with Gasteiger partial charge in [-0.3, -0.25) is 0 Å². The van der Waals surface area contributed by atoms with Crippen LogP contribution in [0.1, 0.15) is 11.1 Å². The van der Waals surface area contributed by atoms with Gasteiger partial charge in [-0.15, -0.1) is 11.3 Å². The van der Waals surface area contributed by atoms with Crippen molar-refractivity contribution in [2.75, 3.05) is 6.61 Å². The van der Waals surface area contributed by atoms with Gasteiger partial charge in [0.2, 0.25) is 0 Å². The number of hydrogen-bond acceptors (Lipinski definition) is 3. The third kappa shape index (κ3) is 0.638. The van der Waals surface area contributed by atoms with Gasteiger partial charge in [0.05, 0.1) is 6.61 Å². The van der Waals surface area contributed by atoms with E-state index in [1.165, 1.54) is 0 Å². The van der Waals surface area contributed by atoms with Crippen molar-refractivity contribution < 1.29 is 4.74 Å². The van der Waals surface area contributed by atoms with Crippen LogP contribution in [0.15, 0.2) is 11.6 Å². The molecule has 2 nitrogen and oxygen atoms in total. The quantitative estimate of drug-likeness (QED) is 0.530. The van der Waals surface area contributed by atoms with Gasteiger partial charge >= 0.3 is 0 Å². The van der Waals surface area contributed by atoms with Crippen molar-refractivity contribution in [1.82, 2.24) is 4.98 Å². The lowest BCUT2D eigenvalue weighted by Crippen LogP contribution is -1.72. The Morgan fingerprint density at radius 1 is 1.88 bits per heavy atom. The van der Waals surface area contributed by atoms with Crippen molar-refractivity contribution in [3.8, 4) is 0 Å². The van der Waals surface area contributed by atoms with Gasteiger partial charge in [0.15, 0.2) is 0 Å². The Morgan fingerprint density at radius 2 is 2.75 bits per heavy atom. The fraction of sp³-hybridized carbons (Fsp3) is 0.400. The van der Waals surface area contributed by atoms with Crippen molar-refractivity contribution in [3.05, 3.63) is 16.6 Å². The molecule has 0 saturated carbocycles. The van der Waals surface area contributed by atoms with E-state index in [-0.39, 0.29) is 0 Å². The molecule has 0 bridgehead atoms. The molecule has 0 radical (unpaired) electrons. The summed E-state index contributed by atoms with van der Waals surface area (Å²) in [7, 11) is 0. The molecule has 1 fully saturated rings. The smallest absolute Gasteiger partial charge is 0.132 e. The Balaban J connectivity index is 2.28. The first-order valence-corrected chi connectivity index (χ1v) is 3.36. The monoisotopic (exact) mass is 127 g/mol. The van der Waals surface area contributed by atoms with Crippen LogP contribution < -0.4 is 0 Å². The second-order valence-electron chi connectivity index (χ2n) is 1.69. The molecule has 8 heavy (non-hydrogen) atoms. The van der Waals surface area contributed by atoms with E-state index < -0.39 is 0 Å². The van der Waals surface area contributed by atoms with Crippen LogP contribution in [0.25, 0.3) is 0 Å². The number of aromatic nitrogens is 1. The summed E-state index contributed by atoms with van der Waals surface area (Å²) in [6.45, 7) is 0.869. The summed E-state index contributed by atoms with van der Waals surface area (Å²) in [6.07, 6.45) is 2.15. The molecule has 3 heteroatoms. The van der Waals surface area contributed by atoms with E-state index in [2.05, 4.69) is 4.98 Å². The maximum Gasteiger partial charge on any atom is 0.132 e. The molecule has 2 heterocycles. The Morgan fingerprint density at radius 3 is 3.25 bits per heavy atom. The first-order chi connectivity index (χ1) is 3.97. The van der Waals surface area contributed by atoms with Gasteiger partial charge in [-0.05, 0) is 0 Å². The molecule has 1 aromatic heterocycles. The molecule has 1 aliphatic rings. The third-order valence-corrected chi connectivity index (χ3v) is 1.93. The van der Waals surface area contributed by atoms with Crippen molar-refractivity contribution in [3.63, 3.8) is 0 Å². The van der Waals surface area contributed by atoms with Gasteiger partial charge in [-0.2, -0.15) is 0 Å². The molecule has 42 valence electrons. The summed E-state index contributed by atoms with van der Waals surface area (Å²) >= 11 is 1.66. The van der Waals surface area contributed by atoms with Gasteiger partial charge in [-0.1, -0.05) is 0 Å². The lowest BCUT2D eigenvalue weighted by atomic mass is 10.5. The number of epoxide rings is 1. The number of nitrogens with zero attached hydrogens (tertiary/aromatic N) is 1. The minimum atomic E-state index is 0.343. The molecule has 0 amide bonds. The molecule has 0 aromatic carbocycles. The first-order valence-electron chi connectivity index (χ1n) is 2.48. The van der Waals surface area contributed by atoms with E-state index in [0.717, 1.165) is 11.6 Å².